The Labute approximate surface area is 261 Å². The molecule has 2 amide bonds. The van der Waals surface area contributed by atoms with Crippen LogP contribution in [0.5, 0.6) is 0 Å². The third kappa shape index (κ3) is 10.8. The standard InChI is InChI=1S/C33H41F3N2O7/c1-32(2,3)45-29(40)24-11-9-19-44-31(42)37-18-8-7-13-27(30(41)43-4)38-28(39)25(24)20-21-14-16-22(17-15-21)23-10-5-6-12-26(23)33(34,35)36/h5-6,10,12,14-17,24-25,27H,7-9,11,13,18-20H2,1-4H3,(H,37,42)(H,38,39)/t24-,25+,27-/m0/s1. The zero-order chi connectivity index (χ0) is 33.2. The summed E-state index contributed by atoms with van der Waals surface area (Å²) in [6.45, 7) is 5.41. The third-order valence-corrected chi connectivity index (χ3v) is 7.37. The van der Waals surface area contributed by atoms with Crippen molar-refractivity contribution >= 4 is 23.9 Å². The number of amides is 2. The molecule has 0 aromatic heterocycles. The topological polar surface area (TPSA) is 120 Å². The van der Waals surface area contributed by atoms with Gasteiger partial charge in [-0.1, -0.05) is 42.5 Å². The van der Waals surface area contributed by atoms with Crippen LogP contribution in [0.1, 0.15) is 64.0 Å². The lowest BCUT2D eigenvalue weighted by Gasteiger charge is -2.30. The highest BCUT2D eigenvalue weighted by molar-refractivity contribution is 5.89. The smallest absolute Gasteiger partial charge is 0.417 e. The van der Waals surface area contributed by atoms with Crippen LogP contribution in [0.25, 0.3) is 11.1 Å². The molecule has 1 heterocycles. The van der Waals surface area contributed by atoms with Crippen molar-refractivity contribution < 1.29 is 46.6 Å². The molecule has 1 fully saturated rings. The van der Waals surface area contributed by atoms with Crippen LogP contribution in [0.15, 0.2) is 48.5 Å². The summed E-state index contributed by atoms with van der Waals surface area (Å²) in [4.78, 5) is 52.1. The molecule has 2 aromatic rings. The van der Waals surface area contributed by atoms with Crippen molar-refractivity contribution in [2.75, 3.05) is 20.3 Å². The van der Waals surface area contributed by atoms with Gasteiger partial charge in [0.2, 0.25) is 5.91 Å². The third-order valence-electron chi connectivity index (χ3n) is 7.37. The normalized spacial score (nSPS) is 20.8. The fourth-order valence-corrected chi connectivity index (χ4v) is 5.19. The van der Waals surface area contributed by atoms with Crippen molar-refractivity contribution in [2.24, 2.45) is 11.8 Å². The molecule has 0 radical (unpaired) electrons. The van der Waals surface area contributed by atoms with Gasteiger partial charge in [0.05, 0.1) is 31.1 Å². The van der Waals surface area contributed by atoms with Crippen molar-refractivity contribution in [2.45, 2.75) is 77.1 Å². The first-order valence-corrected chi connectivity index (χ1v) is 15.0. The zero-order valence-corrected chi connectivity index (χ0v) is 26.0. The number of halogens is 3. The summed E-state index contributed by atoms with van der Waals surface area (Å²) >= 11 is 0. The van der Waals surface area contributed by atoms with Gasteiger partial charge in [0.15, 0.2) is 0 Å². The Kier molecular flexibility index (Phi) is 12.4. The second-order valence-electron chi connectivity index (χ2n) is 12.0. The minimum absolute atomic E-state index is 0.00241. The number of benzene rings is 2. The fourth-order valence-electron chi connectivity index (χ4n) is 5.19. The van der Waals surface area contributed by atoms with Crippen LogP contribution >= 0.6 is 0 Å². The van der Waals surface area contributed by atoms with Crippen molar-refractivity contribution in [1.29, 1.82) is 0 Å². The van der Waals surface area contributed by atoms with Crippen LogP contribution in [0, 0.1) is 11.8 Å². The summed E-state index contributed by atoms with van der Waals surface area (Å²) in [6, 6.07) is 10.6. The number of rotatable bonds is 5. The van der Waals surface area contributed by atoms with E-state index in [0.717, 1.165) is 6.07 Å². The zero-order valence-electron chi connectivity index (χ0n) is 26.0. The summed E-state index contributed by atoms with van der Waals surface area (Å²) in [7, 11) is 1.21. The minimum Gasteiger partial charge on any atom is -0.467 e. The maximum absolute atomic E-state index is 13.9. The number of carbonyl (C=O) groups is 4. The largest absolute Gasteiger partial charge is 0.467 e. The van der Waals surface area contributed by atoms with Gasteiger partial charge in [-0.25, -0.2) is 9.59 Å². The highest BCUT2D eigenvalue weighted by atomic mass is 19.4. The highest BCUT2D eigenvalue weighted by Crippen LogP contribution is 2.37. The van der Waals surface area contributed by atoms with Gasteiger partial charge in [-0.3, -0.25) is 9.59 Å². The maximum atomic E-state index is 13.9. The summed E-state index contributed by atoms with van der Waals surface area (Å²) in [6.07, 6.45) is -3.54. The molecule has 9 nitrogen and oxygen atoms in total. The molecular formula is C33H41F3N2O7. The molecule has 0 spiro atoms. The predicted molar refractivity (Wildman–Crippen MR) is 160 cm³/mol. The van der Waals surface area contributed by atoms with E-state index in [0.29, 0.717) is 30.5 Å². The molecule has 3 atom stereocenters. The van der Waals surface area contributed by atoms with E-state index < -0.39 is 59.2 Å². The number of esters is 2. The molecule has 12 heteroatoms. The minimum atomic E-state index is -4.54. The lowest BCUT2D eigenvalue weighted by Crippen LogP contribution is -2.48. The summed E-state index contributed by atoms with van der Waals surface area (Å²) in [5.41, 5.74) is -0.704. The maximum Gasteiger partial charge on any atom is 0.417 e. The second-order valence-corrected chi connectivity index (χ2v) is 12.0. The van der Waals surface area contributed by atoms with Crippen LogP contribution in [-0.4, -0.2) is 55.8 Å². The SMILES string of the molecule is COC(=O)[C@@H]1CCCCNC(=O)OCCC[C@H](C(=O)OC(C)(C)C)[C@@H](Cc2ccc(-c3ccccc3C(F)(F)F)cc2)C(=O)N1. The van der Waals surface area contributed by atoms with E-state index in [4.69, 9.17) is 14.2 Å². The summed E-state index contributed by atoms with van der Waals surface area (Å²) < 4.78 is 56.8. The first kappa shape index (κ1) is 35.4. The van der Waals surface area contributed by atoms with Crippen LogP contribution in [-0.2, 0) is 41.2 Å². The molecule has 3 rings (SSSR count). The van der Waals surface area contributed by atoms with Crippen molar-refractivity contribution in [3.8, 4) is 11.1 Å². The van der Waals surface area contributed by atoms with Crippen molar-refractivity contribution in [1.82, 2.24) is 10.6 Å². The molecule has 246 valence electrons. The molecule has 0 bridgehead atoms. The number of methoxy groups -OCH3 is 1. The quantitative estimate of drug-likeness (QED) is 0.313. The van der Waals surface area contributed by atoms with Gasteiger partial charge < -0.3 is 24.8 Å². The molecule has 2 N–H and O–H groups in total. The lowest BCUT2D eigenvalue weighted by molar-refractivity contribution is -0.164. The first-order chi connectivity index (χ1) is 21.2. The van der Waals surface area contributed by atoms with E-state index in [9.17, 15) is 32.3 Å². The van der Waals surface area contributed by atoms with E-state index in [2.05, 4.69) is 10.6 Å². The van der Waals surface area contributed by atoms with Crippen molar-refractivity contribution in [3.63, 3.8) is 0 Å². The van der Waals surface area contributed by atoms with E-state index >= 15 is 0 Å². The lowest BCUT2D eigenvalue weighted by atomic mass is 9.82. The first-order valence-electron chi connectivity index (χ1n) is 15.0. The molecule has 0 aliphatic carbocycles. The van der Waals surface area contributed by atoms with Crippen LogP contribution in [0.4, 0.5) is 18.0 Å². The Morgan fingerprint density at radius 3 is 2.27 bits per heavy atom. The Morgan fingerprint density at radius 2 is 1.62 bits per heavy atom. The van der Waals surface area contributed by atoms with Crippen LogP contribution in [0.3, 0.4) is 0 Å². The van der Waals surface area contributed by atoms with Gasteiger partial charge in [-0.05, 0) is 82.1 Å². The van der Waals surface area contributed by atoms with E-state index in [1.54, 1.807) is 32.9 Å². The van der Waals surface area contributed by atoms with E-state index in [1.165, 1.54) is 37.4 Å². The van der Waals surface area contributed by atoms with E-state index in [1.807, 2.05) is 0 Å². The molecule has 1 aliphatic heterocycles. The number of ether oxygens (including phenoxy) is 3. The number of hydrogen-bond acceptors (Lipinski definition) is 7. The van der Waals surface area contributed by atoms with Crippen LogP contribution < -0.4 is 10.6 Å². The predicted octanol–water partition coefficient (Wildman–Crippen LogP) is 5.84. The van der Waals surface area contributed by atoms with Crippen molar-refractivity contribution in [3.05, 3.63) is 59.7 Å². The summed E-state index contributed by atoms with van der Waals surface area (Å²) in [5, 5.41) is 5.40. The number of carbonyl (C=O) groups excluding carboxylic acids is 4. The van der Waals surface area contributed by atoms with E-state index in [-0.39, 0.29) is 37.9 Å². The number of nitrogens with one attached hydrogen (secondary N) is 2. The molecule has 1 saturated heterocycles. The monoisotopic (exact) mass is 634 g/mol. The average molecular weight is 635 g/mol. The average Bonchev–Trinajstić information content (AvgIpc) is 2.98. The second kappa shape index (κ2) is 15.8. The van der Waals surface area contributed by atoms with Gasteiger partial charge in [-0.15, -0.1) is 0 Å². The van der Waals surface area contributed by atoms with Gasteiger partial charge in [0.1, 0.15) is 11.6 Å². The van der Waals surface area contributed by atoms with Crippen LogP contribution in [0.2, 0.25) is 0 Å². The molecule has 1 aliphatic rings. The number of cyclic esters (lactones) is 1. The molecule has 0 saturated carbocycles. The van der Waals surface area contributed by atoms with Gasteiger partial charge in [0, 0.05) is 6.54 Å². The van der Waals surface area contributed by atoms with Gasteiger partial charge in [-0.2, -0.15) is 13.2 Å². The number of alkyl halides is 3. The molecule has 2 aromatic carbocycles. The number of hydrogen-bond donors (Lipinski definition) is 2. The fraction of sp³-hybridized carbons (Fsp3) is 0.515. The van der Waals surface area contributed by atoms with Gasteiger partial charge in [0.25, 0.3) is 0 Å². The Hall–Kier alpha value is -4.09. The Morgan fingerprint density at radius 1 is 0.933 bits per heavy atom. The molecular weight excluding hydrogens is 593 g/mol. The highest BCUT2D eigenvalue weighted by Gasteiger charge is 2.38. The van der Waals surface area contributed by atoms with Gasteiger partial charge >= 0.3 is 24.2 Å². The Bertz CT molecular complexity index is 1320. The Balaban J connectivity index is 1.99. The molecule has 45 heavy (non-hydrogen) atoms. The number of alkyl carbamates (subject to hydrolysis) is 1. The summed E-state index contributed by atoms with van der Waals surface area (Å²) in [5.74, 6) is -3.89. The molecule has 0 unspecified atom stereocenters.